The molecular formula is C17H30N4. The predicted molar refractivity (Wildman–Crippen MR) is 91.1 cm³/mol. The first kappa shape index (κ1) is 16.3. The smallest absolute Gasteiger partial charge is 0.0400 e. The maximum Gasteiger partial charge on any atom is 0.0400 e. The Kier molecular flexibility index (Phi) is 6.03. The Bertz CT molecular complexity index is 436. The molecule has 1 aliphatic heterocycles. The van der Waals surface area contributed by atoms with Gasteiger partial charge in [-0.1, -0.05) is 17.7 Å². The summed E-state index contributed by atoms with van der Waals surface area (Å²) in [6, 6.07) is 6.78. The van der Waals surface area contributed by atoms with Gasteiger partial charge in [0.25, 0.3) is 0 Å². The number of nitrogens with zero attached hydrogens (tertiary/aromatic N) is 3. The van der Waals surface area contributed by atoms with Crippen molar-refractivity contribution in [1.29, 1.82) is 0 Å². The van der Waals surface area contributed by atoms with Gasteiger partial charge in [-0.3, -0.25) is 4.90 Å². The minimum absolute atomic E-state index is 0.721. The third kappa shape index (κ3) is 4.70. The molecule has 0 bridgehead atoms. The Balaban J connectivity index is 1.95. The van der Waals surface area contributed by atoms with Gasteiger partial charge >= 0.3 is 0 Å². The summed E-state index contributed by atoms with van der Waals surface area (Å²) in [5, 5.41) is 0. The van der Waals surface area contributed by atoms with Crippen LogP contribution in [0.4, 0.5) is 5.69 Å². The maximum atomic E-state index is 5.77. The first-order valence-electron chi connectivity index (χ1n) is 8.02. The van der Waals surface area contributed by atoms with Gasteiger partial charge in [0.05, 0.1) is 0 Å². The molecule has 0 radical (unpaired) electrons. The molecule has 1 saturated heterocycles. The fourth-order valence-electron chi connectivity index (χ4n) is 2.93. The molecule has 2 N–H and O–H groups in total. The van der Waals surface area contributed by atoms with Crippen LogP contribution in [0.25, 0.3) is 0 Å². The number of nitrogens with two attached hydrogens (primary N) is 1. The molecule has 118 valence electrons. The van der Waals surface area contributed by atoms with Crippen molar-refractivity contribution < 1.29 is 0 Å². The molecule has 0 atom stereocenters. The zero-order valence-electron chi connectivity index (χ0n) is 13.8. The summed E-state index contributed by atoms with van der Waals surface area (Å²) in [6.07, 6.45) is 0.970. The number of aryl methyl sites for hydroxylation is 1. The Morgan fingerprint density at radius 1 is 1.14 bits per heavy atom. The summed E-state index contributed by atoms with van der Waals surface area (Å²) in [6.45, 7) is 9.74. The molecule has 1 fully saturated rings. The van der Waals surface area contributed by atoms with Gasteiger partial charge < -0.3 is 15.5 Å². The summed E-state index contributed by atoms with van der Waals surface area (Å²) in [5.74, 6) is 0. The van der Waals surface area contributed by atoms with Gasteiger partial charge in [0, 0.05) is 45.0 Å². The largest absolute Gasteiger partial charge is 0.369 e. The Morgan fingerprint density at radius 2 is 1.86 bits per heavy atom. The van der Waals surface area contributed by atoms with Gasteiger partial charge in [0.15, 0.2) is 0 Å². The van der Waals surface area contributed by atoms with Crippen LogP contribution in [-0.4, -0.2) is 69.7 Å². The molecule has 4 heteroatoms. The lowest BCUT2D eigenvalue weighted by Gasteiger charge is -2.37. The molecule has 1 aromatic rings. The van der Waals surface area contributed by atoms with E-state index in [1.165, 1.54) is 23.4 Å². The fourth-order valence-corrected chi connectivity index (χ4v) is 2.93. The molecule has 4 nitrogen and oxygen atoms in total. The highest BCUT2D eigenvalue weighted by Gasteiger charge is 2.18. The number of hydrogen-bond donors (Lipinski definition) is 1. The molecular weight excluding hydrogens is 260 g/mol. The van der Waals surface area contributed by atoms with Crippen LogP contribution in [-0.2, 0) is 6.42 Å². The highest BCUT2D eigenvalue weighted by atomic mass is 15.3. The third-order valence-corrected chi connectivity index (χ3v) is 4.23. The summed E-state index contributed by atoms with van der Waals surface area (Å²) in [5.41, 5.74) is 9.88. The zero-order chi connectivity index (χ0) is 15.2. The van der Waals surface area contributed by atoms with Gasteiger partial charge in [-0.05, 0) is 45.6 Å². The summed E-state index contributed by atoms with van der Waals surface area (Å²) < 4.78 is 0. The predicted octanol–water partition coefficient (Wildman–Crippen LogP) is 1.18. The van der Waals surface area contributed by atoms with Crippen molar-refractivity contribution >= 4 is 5.69 Å². The van der Waals surface area contributed by atoms with Crippen molar-refractivity contribution in [2.45, 2.75) is 13.3 Å². The molecule has 0 aromatic heterocycles. The molecule has 1 aromatic carbocycles. The molecule has 0 spiro atoms. The van der Waals surface area contributed by atoms with E-state index in [1.54, 1.807) is 0 Å². The molecule has 0 aliphatic carbocycles. The van der Waals surface area contributed by atoms with Crippen LogP contribution in [0.3, 0.4) is 0 Å². The van der Waals surface area contributed by atoms with Crippen LogP contribution >= 0.6 is 0 Å². The lowest BCUT2D eigenvalue weighted by Crippen LogP contribution is -2.48. The number of benzene rings is 1. The first-order chi connectivity index (χ1) is 10.1. The Hall–Kier alpha value is -1.10. The second-order valence-corrected chi connectivity index (χ2v) is 6.30. The van der Waals surface area contributed by atoms with Gasteiger partial charge in [-0.25, -0.2) is 0 Å². The highest BCUT2D eigenvalue weighted by molar-refractivity contribution is 5.55. The number of likely N-dealkylation sites (N-methyl/N-ethyl adjacent to an activating group) is 1. The topological polar surface area (TPSA) is 35.7 Å². The second kappa shape index (κ2) is 7.78. The monoisotopic (exact) mass is 290 g/mol. The van der Waals surface area contributed by atoms with Crippen molar-refractivity contribution in [3.8, 4) is 0 Å². The number of anilines is 1. The normalized spacial score (nSPS) is 16.7. The van der Waals surface area contributed by atoms with Crippen LogP contribution in [0, 0.1) is 6.92 Å². The van der Waals surface area contributed by atoms with Crippen molar-refractivity contribution in [1.82, 2.24) is 9.80 Å². The standard InChI is InChI=1S/C17H30N4/c1-15-4-5-17(16(14-15)6-7-18)21-12-10-20(11-13-21)9-8-19(2)3/h4-5,14H,6-13,18H2,1-3H3. The molecule has 0 unspecified atom stereocenters. The highest BCUT2D eigenvalue weighted by Crippen LogP contribution is 2.23. The molecule has 0 saturated carbocycles. The Morgan fingerprint density at radius 3 is 2.48 bits per heavy atom. The molecule has 1 heterocycles. The van der Waals surface area contributed by atoms with E-state index >= 15 is 0 Å². The molecule has 2 rings (SSSR count). The third-order valence-electron chi connectivity index (χ3n) is 4.23. The van der Waals surface area contributed by atoms with E-state index in [-0.39, 0.29) is 0 Å². The minimum Gasteiger partial charge on any atom is -0.369 e. The summed E-state index contributed by atoms with van der Waals surface area (Å²) in [4.78, 5) is 7.34. The summed E-state index contributed by atoms with van der Waals surface area (Å²) in [7, 11) is 4.28. The van der Waals surface area contributed by atoms with Crippen molar-refractivity contribution in [3.05, 3.63) is 29.3 Å². The van der Waals surface area contributed by atoms with Crippen molar-refractivity contribution in [3.63, 3.8) is 0 Å². The van der Waals surface area contributed by atoms with E-state index in [2.05, 4.69) is 53.9 Å². The van der Waals surface area contributed by atoms with E-state index in [9.17, 15) is 0 Å². The average Bonchev–Trinajstić information content (AvgIpc) is 2.46. The van der Waals surface area contributed by atoms with Crippen LogP contribution in [0.5, 0.6) is 0 Å². The van der Waals surface area contributed by atoms with Gasteiger partial charge in [0.1, 0.15) is 0 Å². The molecule has 1 aliphatic rings. The van der Waals surface area contributed by atoms with E-state index in [0.29, 0.717) is 0 Å². The van der Waals surface area contributed by atoms with Crippen LogP contribution < -0.4 is 10.6 Å². The average molecular weight is 290 g/mol. The Labute approximate surface area is 129 Å². The van der Waals surface area contributed by atoms with Gasteiger partial charge in [0.2, 0.25) is 0 Å². The van der Waals surface area contributed by atoms with Gasteiger partial charge in [-0.2, -0.15) is 0 Å². The quantitative estimate of drug-likeness (QED) is 0.853. The summed E-state index contributed by atoms with van der Waals surface area (Å²) >= 11 is 0. The maximum absolute atomic E-state index is 5.77. The van der Waals surface area contributed by atoms with E-state index < -0.39 is 0 Å². The van der Waals surface area contributed by atoms with E-state index in [0.717, 1.165) is 45.7 Å². The van der Waals surface area contributed by atoms with E-state index in [4.69, 9.17) is 5.73 Å². The SMILES string of the molecule is Cc1ccc(N2CCN(CCN(C)C)CC2)c(CCN)c1. The van der Waals surface area contributed by atoms with E-state index in [1.807, 2.05) is 0 Å². The van der Waals surface area contributed by atoms with Crippen LogP contribution in [0.15, 0.2) is 18.2 Å². The number of hydrogen-bond acceptors (Lipinski definition) is 4. The first-order valence-corrected chi connectivity index (χ1v) is 8.02. The minimum atomic E-state index is 0.721. The van der Waals surface area contributed by atoms with Gasteiger partial charge in [-0.15, -0.1) is 0 Å². The number of rotatable bonds is 6. The fraction of sp³-hybridized carbons (Fsp3) is 0.647. The molecule has 21 heavy (non-hydrogen) atoms. The van der Waals surface area contributed by atoms with Crippen molar-refractivity contribution in [2.24, 2.45) is 5.73 Å². The van der Waals surface area contributed by atoms with Crippen LogP contribution in [0.1, 0.15) is 11.1 Å². The lowest BCUT2D eigenvalue weighted by atomic mass is 10.0. The zero-order valence-corrected chi connectivity index (χ0v) is 13.8. The number of piperazine rings is 1. The van der Waals surface area contributed by atoms with Crippen molar-refractivity contribution in [2.75, 3.05) is 64.8 Å². The molecule has 0 amide bonds. The van der Waals surface area contributed by atoms with Crippen LogP contribution in [0.2, 0.25) is 0 Å². The lowest BCUT2D eigenvalue weighted by molar-refractivity contribution is 0.229. The second-order valence-electron chi connectivity index (χ2n) is 6.30.